The first-order valence-corrected chi connectivity index (χ1v) is 6.24. The topological polar surface area (TPSA) is 49.7 Å². The van der Waals surface area contributed by atoms with Crippen LogP contribution in [0.3, 0.4) is 0 Å². The molecule has 17 heavy (non-hydrogen) atoms. The first-order chi connectivity index (χ1) is 8.04. The molecule has 2 rings (SSSR count). The molecular weight excluding hydrogens is 214 g/mol. The zero-order valence-electron chi connectivity index (χ0n) is 10.6. The Bertz CT molecular complexity index is 426. The van der Waals surface area contributed by atoms with Gasteiger partial charge in [-0.2, -0.15) is 0 Å². The largest absolute Gasteiger partial charge is 0.410 e. The second-order valence-corrected chi connectivity index (χ2v) is 5.33. The van der Waals surface area contributed by atoms with Crippen LogP contribution in [0.15, 0.2) is 28.5 Å². The molecule has 1 N–H and O–H groups in total. The van der Waals surface area contributed by atoms with Gasteiger partial charge in [0.2, 0.25) is 0 Å². The minimum atomic E-state index is 0.131. The number of carbonyl (C=O) groups is 1. The van der Waals surface area contributed by atoms with E-state index in [0.29, 0.717) is 11.6 Å². The van der Waals surface area contributed by atoms with Crippen molar-refractivity contribution in [3.05, 3.63) is 23.3 Å². The molecule has 1 saturated carbocycles. The van der Waals surface area contributed by atoms with E-state index in [1.54, 1.807) is 12.2 Å². The molecule has 0 saturated heterocycles. The summed E-state index contributed by atoms with van der Waals surface area (Å²) in [6.45, 7) is 6.08. The van der Waals surface area contributed by atoms with Crippen LogP contribution in [0.1, 0.15) is 33.6 Å². The van der Waals surface area contributed by atoms with Crippen molar-refractivity contribution in [2.45, 2.75) is 33.6 Å². The number of rotatable bonds is 3. The zero-order valence-corrected chi connectivity index (χ0v) is 10.6. The van der Waals surface area contributed by atoms with E-state index in [1.807, 2.05) is 13.8 Å². The van der Waals surface area contributed by atoms with Crippen molar-refractivity contribution in [2.75, 3.05) is 0 Å². The Morgan fingerprint density at radius 3 is 2.29 bits per heavy atom. The monoisotopic (exact) mass is 233 g/mol. The van der Waals surface area contributed by atoms with Crippen molar-refractivity contribution in [2.24, 2.45) is 22.9 Å². The standard InChI is InChI=1S/C14H19NO2/c1-8(2)12-6-11(15-17)7-13(14(12)16)9(3)10-4-5-10/h6-10,17H,4-5H2,1-3H3/b15-11-/t9-/m1/s1. The molecule has 0 unspecified atom stereocenters. The molecule has 0 amide bonds. The van der Waals surface area contributed by atoms with E-state index in [1.165, 1.54) is 12.8 Å². The van der Waals surface area contributed by atoms with E-state index in [-0.39, 0.29) is 17.6 Å². The summed E-state index contributed by atoms with van der Waals surface area (Å²) in [6.07, 6.45) is 5.84. The van der Waals surface area contributed by atoms with E-state index < -0.39 is 0 Å². The summed E-state index contributed by atoms with van der Waals surface area (Å²) >= 11 is 0. The Labute approximate surface area is 102 Å². The minimum absolute atomic E-state index is 0.131. The molecule has 92 valence electrons. The third-order valence-electron chi connectivity index (χ3n) is 3.69. The molecule has 0 aromatic rings. The molecule has 3 nitrogen and oxygen atoms in total. The minimum Gasteiger partial charge on any atom is -0.410 e. The fourth-order valence-electron chi connectivity index (χ4n) is 2.33. The highest BCUT2D eigenvalue weighted by molar-refractivity contribution is 6.22. The van der Waals surface area contributed by atoms with Crippen molar-refractivity contribution in [3.63, 3.8) is 0 Å². The molecule has 2 aliphatic carbocycles. The molecule has 1 fully saturated rings. The molecule has 0 aliphatic heterocycles. The van der Waals surface area contributed by atoms with Gasteiger partial charge in [-0.1, -0.05) is 25.9 Å². The van der Waals surface area contributed by atoms with Crippen LogP contribution in [0.5, 0.6) is 0 Å². The van der Waals surface area contributed by atoms with E-state index in [2.05, 4.69) is 12.1 Å². The van der Waals surface area contributed by atoms with Gasteiger partial charge in [-0.05, 0) is 42.7 Å². The highest BCUT2D eigenvalue weighted by Crippen LogP contribution is 2.41. The summed E-state index contributed by atoms with van der Waals surface area (Å²) in [5.41, 5.74) is 2.06. The number of hydrogen-bond acceptors (Lipinski definition) is 3. The number of Topliss-reactive ketones (excluding diaryl/α,β-unsaturated/α-hetero) is 1. The van der Waals surface area contributed by atoms with E-state index in [9.17, 15) is 4.79 Å². The van der Waals surface area contributed by atoms with Gasteiger partial charge >= 0.3 is 0 Å². The molecule has 3 heteroatoms. The van der Waals surface area contributed by atoms with Gasteiger partial charge in [0, 0.05) is 11.1 Å². The molecular formula is C14H19NO2. The fourth-order valence-corrected chi connectivity index (χ4v) is 2.33. The first kappa shape index (κ1) is 12.1. The highest BCUT2D eigenvalue weighted by atomic mass is 16.4. The SMILES string of the molecule is CC(C)C1=C/C(=N/O)C=C([C@H](C)C2CC2)C1=O. The number of oxime groups is 1. The number of ketones is 1. The maximum absolute atomic E-state index is 12.3. The molecule has 1 atom stereocenters. The van der Waals surface area contributed by atoms with Crippen molar-refractivity contribution in [3.8, 4) is 0 Å². The van der Waals surface area contributed by atoms with Gasteiger partial charge < -0.3 is 5.21 Å². The third kappa shape index (κ3) is 2.33. The van der Waals surface area contributed by atoms with Crippen LogP contribution in [0.2, 0.25) is 0 Å². The Morgan fingerprint density at radius 2 is 1.82 bits per heavy atom. The Morgan fingerprint density at radius 1 is 1.24 bits per heavy atom. The molecule has 0 aromatic carbocycles. The average Bonchev–Trinajstić information content (AvgIpc) is 3.12. The molecule has 0 radical (unpaired) electrons. The molecule has 0 bridgehead atoms. The first-order valence-electron chi connectivity index (χ1n) is 6.24. The average molecular weight is 233 g/mol. The van der Waals surface area contributed by atoms with Gasteiger partial charge in [0.05, 0.1) is 0 Å². The van der Waals surface area contributed by atoms with Crippen molar-refractivity contribution in [1.29, 1.82) is 0 Å². The van der Waals surface area contributed by atoms with Crippen LogP contribution in [0.4, 0.5) is 0 Å². The molecule has 0 heterocycles. The Kier molecular flexibility index (Phi) is 3.18. The zero-order chi connectivity index (χ0) is 12.6. The number of hydrogen-bond donors (Lipinski definition) is 1. The quantitative estimate of drug-likeness (QED) is 0.463. The van der Waals surface area contributed by atoms with E-state index >= 15 is 0 Å². The second-order valence-electron chi connectivity index (χ2n) is 5.33. The van der Waals surface area contributed by atoms with Gasteiger partial charge in [0.25, 0.3) is 0 Å². The second kappa shape index (κ2) is 4.47. The van der Waals surface area contributed by atoms with Crippen LogP contribution in [0.25, 0.3) is 0 Å². The predicted molar refractivity (Wildman–Crippen MR) is 67.1 cm³/mol. The van der Waals surface area contributed by atoms with Crippen molar-refractivity contribution >= 4 is 11.5 Å². The maximum atomic E-state index is 12.3. The summed E-state index contributed by atoms with van der Waals surface area (Å²) in [6, 6.07) is 0. The molecule has 0 spiro atoms. The predicted octanol–water partition coefficient (Wildman–Crippen LogP) is 2.95. The summed E-state index contributed by atoms with van der Waals surface area (Å²) in [5.74, 6) is 1.21. The van der Waals surface area contributed by atoms with Crippen LogP contribution in [0, 0.1) is 17.8 Å². The number of nitrogens with zero attached hydrogens (tertiary/aromatic N) is 1. The fraction of sp³-hybridized carbons (Fsp3) is 0.571. The normalized spacial score (nSPS) is 24.9. The Balaban J connectivity index is 2.32. The Hall–Kier alpha value is -1.38. The van der Waals surface area contributed by atoms with Crippen LogP contribution in [-0.4, -0.2) is 16.7 Å². The summed E-state index contributed by atoms with van der Waals surface area (Å²) in [4.78, 5) is 12.3. The third-order valence-corrected chi connectivity index (χ3v) is 3.69. The highest BCUT2D eigenvalue weighted by Gasteiger charge is 2.35. The number of carbonyl (C=O) groups excluding carboxylic acids is 1. The lowest BCUT2D eigenvalue weighted by Crippen LogP contribution is -2.22. The summed E-state index contributed by atoms with van der Waals surface area (Å²) < 4.78 is 0. The lowest BCUT2D eigenvalue weighted by Gasteiger charge is -2.21. The van der Waals surface area contributed by atoms with Gasteiger partial charge in [0.15, 0.2) is 5.78 Å². The molecule has 2 aliphatic rings. The van der Waals surface area contributed by atoms with Gasteiger partial charge in [0.1, 0.15) is 5.71 Å². The lowest BCUT2D eigenvalue weighted by molar-refractivity contribution is -0.113. The smallest absolute Gasteiger partial charge is 0.185 e. The molecule has 0 aromatic heterocycles. The van der Waals surface area contributed by atoms with E-state index in [4.69, 9.17) is 5.21 Å². The van der Waals surface area contributed by atoms with Crippen molar-refractivity contribution in [1.82, 2.24) is 0 Å². The number of allylic oxidation sites excluding steroid dienone is 4. The van der Waals surface area contributed by atoms with Gasteiger partial charge in [-0.3, -0.25) is 4.79 Å². The summed E-state index contributed by atoms with van der Waals surface area (Å²) in [7, 11) is 0. The van der Waals surface area contributed by atoms with Crippen LogP contribution < -0.4 is 0 Å². The van der Waals surface area contributed by atoms with Crippen molar-refractivity contribution < 1.29 is 10.0 Å². The van der Waals surface area contributed by atoms with Crippen LogP contribution in [-0.2, 0) is 4.79 Å². The van der Waals surface area contributed by atoms with Gasteiger partial charge in [-0.15, -0.1) is 0 Å². The maximum Gasteiger partial charge on any atom is 0.185 e. The lowest BCUT2D eigenvalue weighted by atomic mass is 9.82. The van der Waals surface area contributed by atoms with Gasteiger partial charge in [-0.25, -0.2) is 0 Å². The van der Waals surface area contributed by atoms with E-state index in [0.717, 1.165) is 11.1 Å². The van der Waals surface area contributed by atoms with Crippen LogP contribution >= 0.6 is 0 Å². The summed E-state index contributed by atoms with van der Waals surface area (Å²) in [5, 5.41) is 12.2.